The first-order valence-electron chi connectivity index (χ1n) is 17.4. The highest BCUT2D eigenvalue weighted by Gasteiger charge is 2.31. The number of hydrogen-bond acceptors (Lipinski definition) is 11. The Morgan fingerprint density at radius 1 is 1.08 bits per heavy atom. The minimum Gasteiger partial charge on any atom is -0.484 e. The fraction of sp³-hybridized carbons (Fsp3) is 0.500. The van der Waals surface area contributed by atoms with Gasteiger partial charge in [-0.25, -0.2) is 14.8 Å². The summed E-state index contributed by atoms with van der Waals surface area (Å²) in [5.74, 6) is 1.27. The van der Waals surface area contributed by atoms with Crippen LogP contribution in [0.4, 0.5) is 10.6 Å². The minimum atomic E-state index is -0.441. The van der Waals surface area contributed by atoms with E-state index in [-0.39, 0.29) is 36.4 Å². The molecule has 3 amide bonds. The maximum atomic E-state index is 13.4. The fourth-order valence-electron chi connectivity index (χ4n) is 6.36. The number of morpholine rings is 1. The lowest BCUT2D eigenvalue weighted by molar-refractivity contribution is 0.00144. The lowest BCUT2D eigenvalue weighted by atomic mass is 9.85. The summed E-state index contributed by atoms with van der Waals surface area (Å²) in [6.45, 7) is 9.47. The lowest BCUT2D eigenvalue weighted by Crippen LogP contribution is -2.37. The molecule has 4 N–H and O–H groups in total. The van der Waals surface area contributed by atoms with Crippen LogP contribution < -0.4 is 20.7 Å². The number of ether oxygens (including phenoxy) is 2. The van der Waals surface area contributed by atoms with E-state index in [4.69, 9.17) is 14.6 Å². The van der Waals surface area contributed by atoms with Crippen molar-refractivity contribution >= 4 is 23.4 Å². The smallest absolute Gasteiger partial charge is 0.320 e. The number of urea groups is 1. The van der Waals surface area contributed by atoms with Gasteiger partial charge in [0.1, 0.15) is 17.7 Å². The second-order valence-electron chi connectivity index (χ2n) is 14.2. The normalized spacial score (nSPS) is 19.5. The first-order chi connectivity index (χ1) is 24.5. The first-order valence-corrected chi connectivity index (χ1v) is 17.4. The number of rotatable bonds is 11. The van der Waals surface area contributed by atoms with Crippen molar-refractivity contribution in [1.82, 2.24) is 45.0 Å². The van der Waals surface area contributed by atoms with Crippen LogP contribution in [-0.4, -0.2) is 112 Å². The zero-order valence-corrected chi connectivity index (χ0v) is 29.9. The number of hydrogen-bond donors (Lipinski definition) is 4. The molecule has 272 valence electrons. The van der Waals surface area contributed by atoms with Crippen molar-refractivity contribution in [2.75, 3.05) is 65.4 Å². The number of nitrogens with one attached hydrogen (secondary N) is 3. The van der Waals surface area contributed by atoms with Gasteiger partial charge in [-0.2, -0.15) is 0 Å². The molecule has 0 spiro atoms. The number of aromatic nitrogens is 5. The van der Waals surface area contributed by atoms with Gasteiger partial charge in [0.15, 0.2) is 11.5 Å². The summed E-state index contributed by atoms with van der Waals surface area (Å²) in [7, 11) is 3.93. The SMILES string of the molecule is CN(CCO)CCNC(=O)c1nc(NC(=O)N[C@H]2CC[C@@H](Oc3ccc4nnc([C@@H]5COCCN5C)n4c3)c3ccccc32)cc(C(C)(C)C)n1. The van der Waals surface area contributed by atoms with Gasteiger partial charge in [0.2, 0.25) is 5.82 Å². The maximum absolute atomic E-state index is 13.4. The topological polar surface area (TPSA) is 171 Å². The van der Waals surface area contributed by atoms with Crippen LogP contribution in [0, 0.1) is 0 Å². The summed E-state index contributed by atoms with van der Waals surface area (Å²) in [6.07, 6.45) is 3.04. The number of nitrogens with zero attached hydrogens (tertiary/aromatic N) is 7. The van der Waals surface area contributed by atoms with Gasteiger partial charge in [0.05, 0.1) is 43.8 Å². The van der Waals surface area contributed by atoms with Gasteiger partial charge in [0.25, 0.3) is 5.91 Å². The zero-order valence-electron chi connectivity index (χ0n) is 29.9. The third kappa shape index (κ3) is 8.61. The van der Waals surface area contributed by atoms with Crippen LogP contribution in [0.2, 0.25) is 0 Å². The quantitative estimate of drug-likeness (QED) is 0.181. The Kier molecular flexibility index (Phi) is 11.1. The molecule has 15 heteroatoms. The molecule has 1 saturated heterocycles. The van der Waals surface area contributed by atoms with E-state index in [1.807, 2.05) is 79.7 Å². The Hall–Kier alpha value is -4.70. The highest BCUT2D eigenvalue weighted by molar-refractivity contribution is 5.92. The van der Waals surface area contributed by atoms with Gasteiger partial charge in [-0.3, -0.25) is 19.4 Å². The van der Waals surface area contributed by atoms with Gasteiger partial charge in [-0.1, -0.05) is 45.0 Å². The van der Waals surface area contributed by atoms with Crippen molar-refractivity contribution in [1.29, 1.82) is 0 Å². The molecule has 0 saturated carbocycles. The van der Waals surface area contributed by atoms with Gasteiger partial charge < -0.3 is 30.1 Å². The third-order valence-electron chi connectivity index (χ3n) is 9.32. The number of aliphatic hydroxyl groups is 1. The Balaban J connectivity index is 1.14. The van der Waals surface area contributed by atoms with Crippen LogP contribution in [-0.2, 0) is 10.2 Å². The van der Waals surface area contributed by atoms with Gasteiger partial charge in [-0.05, 0) is 50.2 Å². The number of fused-ring (bicyclic) bond motifs is 2. The van der Waals surface area contributed by atoms with Gasteiger partial charge >= 0.3 is 6.03 Å². The van der Waals surface area contributed by atoms with Crippen molar-refractivity contribution < 1.29 is 24.2 Å². The molecular weight excluding hydrogens is 652 g/mol. The third-order valence-corrected chi connectivity index (χ3v) is 9.32. The largest absolute Gasteiger partial charge is 0.484 e. The van der Waals surface area contributed by atoms with Crippen LogP contribution in [0.3, 0.4) is 0 Å². The Morgan fingerprint density at radius 2 is 1.88 bits per heavy atom. The van der Waals surface area contributed by atoms with E-state index in [1.54, 1.807) is 6.07 Å². The molecule has 6 rings (SSSR count). The number of likely N-dealkylation sites (N-methyl/N-ethyl adjacent to an activating group) is 2. The average molecular weight is 701 g/mol. The van der Waals surface area contributed by atoms with Crippen LogP contribution in [0.25, 0.3) is 5.65 Å². The predicted molar refractivity (Wildman–Crippen MR) is 191 cm³/mol. The van der Waals surface area contributed by atoms with E-state index in [1.165, 1.54) is 0 Å². The van der Waals surface area contributed by atoms with E-state index in [9.17, 15) is 9.59 Å². The standard InChI is InChI=1S/C36H48N10O5/c1-36(2,3)29-20-30(40-32(39-29)34(48)37-14-15-44(4)16-18-47)41-35(49)38-26-11-12-28(25-9-7-6-8-24(25)26)51-23-10-13-31-42-43-33(46(31)21-23)27-22-50-19-17-45(27)5/h6-10,13,20-21,26-28,47H,11-12,14-19,22H2,1-5H3,(H,37,48)(H2,38,39,40,41,49)/t26-,27-,28+/m0/s1. The van der Waals surface area contributed by atoms with Crippen LogP contribution >= 0.6 is 0 Å². The molecule has 4 aromatic rings. The molecule has 2 aliphatic rings. The molecule has 15 nitrogen and oxygen atoms in total. The lowest BCUT2D eigenvalue weighted by Gasteiger charge is -2.32. The number of carbonyl (C=O) groups is 2. The van der Waals surface area contributed by atoms with Crippen molar-refractivity contribution in [3.8, 4) is 5.75 Å². The first kappa shape index (κ1) is 36.1. The highest BCUT2D eigenvalue weighted by Crippen LogP contribution is 2.39. The molecule has 1 aliphatic heterocycles. The van der Waals surface area contributed by atoms with Crippen molar-refractivity contribution in [2.45, 2.75) is 57.2 Å². The average Bonchev–Trinajstić information content (AvgIpc) is 3.52. The maximum Gasteiger partial charge on any atom is 0.320 e. The molecule has 0 bridgehead atoms. The number of benzene rings is 1. The number of anilines is 1. The monoisotopic (exact) mass is 700 g/mol. The summed E-state index contributed by atoms with van der Waals surface area (Å²) in [6, 6.07) is 12.8. The van der Waals surface area contributed by atoms with E-state index < -0.39 is 17.4 Å². The predicted octanol–water partition coefficient (Wildman–Crippen LogP) is 3.25. The molecule has 1 aliphatic carbocycles. The minimum absolute atomic E-state index is 0.00126. The van der Waals surface area contributed by atoms with E-state index >= 15 is 0 Å². The van der Waals surface area contributed by atoms with Crippen molar-refractivity contribution in [3.63, 3.8) is 0 Å². The molecule has 1 aromatic carbocycles. The second kappa shape index (κ2) is 15.7. The molecular formula is C36H48N10O5. The molecule has 0 radical (unpaired) electrons. The highest BCUT2D eigenvalue weighted by atomic mass is 16.5. The molecule has 3 aromatic heterocycles. The molecule has 3 atom stereocenters. The van der Waals surface area contributed by atoms with Gasteiger partial charge in [-0.15, -0.1) is 10.2 Å². The van der Waals surface area contributed by atoms with Crippen LogP contribution in [0.15, 0.2) is 48.7 Å². The van der Waals surface area contributed by atoms with Crippen molar-refractivity contribution in [3.05, 3.63) is 77.1 Å². The molecule has 1 fully saturated rings. The summed E-state index contributed by atoms with van der Waals surface area (Å²) in [5, 5.41) is 26.7. The van der Waals surface area contributed by atoms with E-state index in [0.29, 0.717) is 57.1 Å². The second-order valence-corrected chi connectivity index (χ2v) is 14.2. The zero-order chi connectivity index (χ0) is 36.1. The summed E-state index contributed by atoms with van der Waals surface area (Å²) in [5.41, 5.74) is 2.93. The van der Waals surface area contributed by atoms with Crippen molar-refractivity contribution in [2.24, 2.45) is 0 Å². The molecule has 4 heterocycles. The summed E-state index contributed by atoms with van der Waals surface area (Å²) < 4.78 is 14.3. The fourth-order valence-corrected chi connectivity index (χ4v) is 6.36. The summed E-state index contributed by atoms with van der Waals surface area (Å²) >= 11 is 0. The number of carbonyl (C=O) groups excluding carboxylic acids is 2. The number of amides is 3. The molecule has 0 unspecified atom stereocenters. The Bertz CT molecular complexity index is 1840. The van der Waals surface area contributed by atoms with E-state index in [2.05, 4.69) is 48.1 Å². The Labute approximate surface area is 297 Å². The van der Waals surface area contributed by atoms with Gasteiger partial charge in [0, 0.05) is 37.7 Å². The van der Waals surface area contributed by atoms with Crippen LogP contribution in [0.1, 0.15) is 85.1 Å². The molecule has 51 heavy (non-hydrogen) atoms. The number of pyridine rings is 1. The Morgan fingerprint density at radius 3 is 2.65 bits per heavy atom. The van der Waals surface area contributed by atoms with E-state index in [0.717, 1.165) is 29.1 Å². The number of aliphatic hydroxyl groups excluding tert-OH is 1. The van der Waals surface area contributed by atoms with Crippen LogP contribution in [0.5, 0.6) is 5.75 Å². The summed E-state index contributed by atoms with van der Waals surface area (Å²) in [4.78, 5) is 39.5.